The van der Waals surface area contributed by atoms with Crippen molar-refractivity contribution in [2.24, 2.45) is 17.8 Å². The number of H-pyrrole nitrogens is 1. The number of piperidine rings is 1. The van der Waals surface area contributed by atoms with E-state index in [0.29, 0.717) is 48.7 Å². The molecule has 1 amide bonds. The molecule has 2 N–H and O–H groups in total. The van der Waals surface area contributed by atoms with Crippen LogP contribution in [0, 0.1) is 17.8 Å². The molecular weight excluding hydrogens is 414 g/mol. The molecule has 1 aliphatic heterocycles. The van der Waals surface area contributed by atoms with Gasteiger partial charge in [-0.25, -0.2) is 8.42 Å². The van der Waals surface area contributed by atoms with Gasteiger partial charge >= 0.3 is 0 Å². The van der Waals surface area contributed by atoms with E-state index in [1.165, 1.54) is 22.9 Å². The second kappa shape index (κ2) is 8.74. The molecule has 168 valence electrons. The van der Waals surface area contributed by atoms with Crippen LogP contribution in [0.5, 0.6) is 0 Å². The van der Waals surface area contributed by atoms with Crippen LogP contribution in [0.3, 0.4) is 0 Å². The maximum Gasteiger partial charge on any atom is 0.248 e. The minimum absolute atomic E-state index is 0.0673. The number of aromatic amines is 1. The summed E-state index contributed by atoms with van der Waals surface area (Å²) >= 11 is 0. The first kappa shape index (κ1) is 22.0. The maximum absolute atomic E-state index is 13.1. The van der Waals surface area contributed by atoms with Gasteiger partial charge in [-0.05, 0) is 60.7 Å². The molecule has 0 bridgehead atoms. The Bertz CT molecular complexity index is 1120. The number of sulfonamides is 1. The molecule has 31 heavy (non-hydrogen) atoms. The van der Waals surface area contributed by atoms with Crippen molar-refractivity contribution in [2.75, 3.05) is 13.1 Å². The summed E-state index contributed by atoms with van der Waals surface area (Å²) < 4.78 is 27.7. The van der Waals surface area contributed by atoms with Gasteiger partial charge in [0.2, 0.25) is 21.5 Å². The summed E-state index contributed by atoms with van der Waals surface area (Å²) in [5.41, 5.74) is 0.383. The topological polar surface area (TPSA) is 99.3 Å². The first-order valence-corrected chi connectivity index (χ1v) is 12.6. The quantitative estimate of drug-likeness (QED) is 0.756. The van der Waals surface area contributed by atoms with Crippen molar-refractivity contribution in [3.05, 3.63) is 40.7 Å². The van der Waals surface area contributed by atoms with Crippen LogP contribution < -0.4 is 10.9 Å². The minimum atomic E-state index is -3.65. The number of fused-ring (bicyclic) bond motifs is 1. The Morgan fingerprint density at radius 2 is 1.81 bits per heavy atom. The predicted octanol–water partition coefficient (Wildman–Crippen LogP) is 2.87. The van der Waals surface area contributed by atoms with Crippen LogP contribution >= 0.6 is 0 Å². The molecule has 1 aromatic carbocycles. The van der Waals surface area contributed by atoms with Crippen molar-refractivity contribution in [3.63, 3.8) is 0 Å². The highest BCUT2D eigenvalue weighted by molar-refractivity contribution is 7.89. The lowest BCUT2D eigenvalue weighted by molar-refractivity contribution is -0.127. The summed E-state index contributed by atoms with van der Waals surface area (Å²) in [6.07, 6.45) is 4.45. The van der Waals surface area contributed by atoms with Crippen LogP contribution in [0.15, 0.2) is 40.0 Å². The molecule has 2 fully saturated rings. The molecule has 0 spiro atoms. The van der Waals surface area contributed by atoms with Gasteiger partial charge < -0.3 is 10.3 Å². The van der Waals surface area contributed by atoms with E-state index < -0.39 is 10.0 Å². The van der Waals surface area contributed by atoms with Gasteiger partial charge in [0.1, 0.15) is 0 Å². The first-order valence-electron chi connectivity index (χ1n) is 11.2. The summed E-state index contributed by atoms with van der Waals surface area (Å²) in [6.45, 7) is 5.13. The molecule has 8 heteroatoms. The van der Waals surface area contributed by atoms with E-state index in [9.17, 15) is 18.0 Å². The second-order valence-electron chi connectivity index (χ2n) is 9.13. The molecule has 1 aromatic heterocycles. The standard InChI is InChI=1S/C23H31N3O4S/c1-15-4-3-5-20(16(15)2)25-23(28)17-10-12-26(13-11-17)31(29,30)19-7-8-21-18(14-19)6-9-22(27)24-21/h6-9,14-17,20H,3-5,10-13H2,1-2H3,(H,24,27)(H,25,28). The Kier molecular flexibility index (Phi) is 6.21. The van der Waals surface area contributed by atoms with E-state index >= 15 is 0 Å². The number of aromatic nitrogens is 1. The molecular formula is C23H31N3O4S. The van der Waals surface area contributed by atoms with Crippen molar-refractivity contribution in [1.29, 1.82) is 0 Å². The van der Waals surface area contributed by atoms with Crippen LogP contribution in [0.1, 0.15) is 46.0 Å². The van der Waals surface area contributed by atoms with Gasteiger partial charge in [-0.1, -0.05) is 26.7 Å². The Balaban J connectivity index is 1.40. The molecule has 2 aromatic rings. The number of amides is 1. The average molecular weight is 446 g/mol. The number of nitrogens with zero attached hydrogens (tertiary/aromatic N) is 1. The lowest BCUT2D eigenvalue weighted by Gasteiger charge is -2.36. The SMILES string of the molecule is CC1CCCC(NC(=O)C2CCN(S(=O)(=O)c3ccc4[nH]c(=O)ccc4c3)CC2)C1C. The number of benzene rings is 1. The van der Waals surface area contributed by atoms with Gasteiger partial charge in [0.25, 0.3) is 0 Å². The van der Waals surface area contributed by atoms with E-state index in [2.05, 4.69) is 24.1 Å². The monoisotopic (exact) mass is 445 g/mol. The Labute approximate surface area is 183 Å². The summed E-state index contributed by atoms with van der Waals surface area (Å²) in [5, 5.41) is 3.91. The fourth-order valence-corrected chi connectivity index (χ4v) is 6.39. The van der Waals surface area contributed by atoms with Gasteiger partial charge in [-0.15, -0.1) is 0 Å². The van der Waals surface area contributed by atoms with Crippen molar-refractivity contribution < 1.29 is 13.2 Å². The molecule has 7 nitrogen and oxygen atoms in total. The Hall–Kier alpha value is -2.19. The van der Waals surface area contributed by atoms with Gasteiger partial charge in [-0.2, -0.15) is 4.31 Å². The summed E-state index contributed by atoms with van der Waals surface area (Å²) in [6, 6.07) is 7.97. The number of nitrogens with one attached hydrogen (secondary N) is 2. The van der Waals surface area contributed by atoms with Crippen molar-refractivity contribution in [3.8, 4) is 0 Å². The molecule has 2 aliphatic rings. The number of hydrogen-bond acceptors (Lipinski definition) is 4. The molecule has 0 radical (unpaired) electrons. The van der Waals surface area contributed by atoms with E-state index in [-0.39, 0.29) is 28.3 Å². The molecule has 4 rings (SSSR count). The highest BCUT2D eigenvalue weighted by atomic mass is 32.2. The van der Waals surface area contributed by atoms with Gasteiger partial charge in [0.05, 0.1) is 4.90 Å². The second-order valence-corrected chi connectivity index (χ2v) is 11.1. The summed E-state index contributed by atoms with van der Waals surface area (Å²) in [5.74, 6) is 1.02. The number of carbonyl (C=O) groups excluding carboxylic acids is 1. The zero-order chi connectivity index (χ0) is 22.2. The third kappa shape index (κ3) is 4.55. The highest BCUT2D eigenvalue weighted by Gasteiger charge is 2.34. The van der Waals surface area contributed by atoms with E-state index in [4.69, 9.17) is 0 Å². The molecule has 1 saturated heterocycles. The third-order valence-corrected chi connectivity index (χ3v) is 9.09. The van der Waals surface area contributed by atoms with Crippen molar-refractivity contribution in [2.45, 2.75) is 56.9 Å². The number of hydrogen-bond donors (Lipinski definition) is 2. The fourth-order valence-electron chi connectivity index (χ4n) is 4.89. The number of rotatable bonds is 4. The van der Waals surface area contributed by atoms with Gasteiger partial charge in [0.15, 0.2) is 0 Å². The van der Waals surface area contributed by atoms with Crippen LogP contribution in [-0.4, -0.2) is 42.7 Å². The average Bonchev–Trinajstić information content (AvgIpc) is 2.76. The zero-order valence-electron chi connectivity index (χ0n) is 18.1. The molecule has 2 heterocycles. The summed E-state index contributed by atoms with van der Waals surface area (Å²) in [7, 11) is -3.65. The third-order valence-electron chi connectivity index (χ3n) is 7.19. The number of pyridine rings is 1. The Morgan fingerprint density at radius 3 is 2.55 bits per heavy atom. The number of carbonyl (C=O) groups is 1. The molecule has 1 aliphatic carbocycles. The van der Waals surface area contributed by atoms with Gasteiger partial charge in [-0.3, -0.25) is 9.59 Å². The highest BCUT2D eigenvalue weighted by Crippen LogP contribution is 2.31. The van der Waals surface area contributed by atoms with Crippen LogP contribution in [0.2, 0.25) is 0 Å². The van der Waals surface area contributed by atoms with Gasteiger partial charge in [0, 0.05) is 36.6 Å². The normalized spacial score (nSPS) is 26.1. The van der Waals surface area contributed by atoms with Crippen LogP contribution in [-0.2, 0) is 14.8 Å². The van der Waals surface area contributed by atoms with Crippen LogP contribution in [0.25, 0.3) is 10.9 Å². The van der Waals surface area contributed by atoms with E-state index in [1.54, 1.807) is 18.2 Å². The predicted molar refractivity (Wildman–Crippen MR) is 120 cm³/mol. The Morgan fingerprint density at radius 1 is 1.06 bits per heavy atom. The zero-order valence-corrected chi connectivity index (χ0v) is 19.0. The molecule has 3 unspecified atom stereocenters. The van der Waals surface area contributed by atoms with Crippen LogP contribution in [0.4, 0.5) is 0 Å². The smallest absolute Gasteiger partial charge is 0.248 e. The first-order chi connectivity index (χ1) is 14.8. The van der Waals surface area contributed by atoms with Crippen molar-refractivity contribution in [1.82, 2.24) is 14.6 Å². The summed E-state index contributed by atoms with van der Waals surface area (Å²) in [4.78, 5) is 27.2. The minimum Gasteiger partial charge on any atom is -0.353 e. The van der Waals surface area contributed by atoms with Crippen molar-refractivity contribution >= 4 is 26.8 Å². The van der Waals surface area contributed by atoms with E-state index in [1.807, 2.05) is 0 Å². The lowest BCUT2D eigenvalue weighted by Crippen LogP contribution is -2.48. The molecule has 1 saturated carbocycles. The largest absolute Gasteiger partial charge is 0.353 e. The lowest BCUT2D eigenvalue weighted by atomic mass is 9.78. The fraction of sp³-hybridized carbons (Fsp3) is 0.565. The van der Waals surface area contributed by atoms with E-state index in [0.717, 1.165) is 12.8 Å². The maximum atomic E-state index is 13.1. The molecule has 3 atom stereocenters.